The molecule has 0 aliphatic carbocycles. The topological polar surface area (TPSA) is 69.9 Å². The van der Waals surface area contributed by atoms with E-state index in [-0.39, 0.29) is 12.2 Å². The molecule has 1 aliphatic heterocycles. The third-order valence-electron chi connectivity index (χ3n) is 5.84. The van der Waals surface area contributed by atoms with E-state index < -0.39 is 12.0 Å². The summed E-state index contributed by atoms with van der Waals surface area (Å²) >= 11 is 7.29. The highest BCUT2D eigenvalue weighted by Crippen LogP contribution is 2.33. The average molecular weight is 531 g/mol. The Morgan fingerprint density at radius 2 is 1.78 bits per heavy atom. The standard InChI is InChI=1S/C29H23ClN2O4S/c1-3-35-28(34)25-18(2)31-29-32(27(33)24(37-29)16-19-12-14-21(30)15-13-19)26(25)20-8-7-11-23(17-20)36-22-9-5-4-6-10-22/h4-17,26H,3H2,1-2H3/b24-16-/t26-/m0/s1. The Kier molecular flexibility index (Phi) is 7.08. The molecule has 0 spiro atoms. The number of fused-ring (bicyclic) bond motifs is 1. The second-order valence-electron chi connectivity index (χ2n) is 8.34. The maximum absolute atomic E-state index is 13.7. The summed E-state index contributed by atoms with van der Waals surface area (Å²) in [5.41, 5.74) is 2.14. The van der Waals surface area contributed by atoms with Crippen molar-refractivity contribution in [3.8, 4) is 11.5 Å². The molecule has 0 N–H and O–H groups in total. The number of ether oxygens (including phenoxy) is 2. The van der Waals surface area contributed by atoms with E-state index in [0.29, 0.717) is 42.7 Å². The van der Waals surface area contributed by atoms with E-state index in [9.17, 15) is 9.59 Å². The number of thiazole rings is 1. The first-order valence-electron chi connectivity index (χ1n) is 11.7. The van der Waals surface area contributed by atoms with E-state index in [1.165, 1.54) is 11.3 Å². The van der Waals surface area contributed by atoms with E-state index in [1.54, 1.807) is 36.6 Å². The highest BCUT2D eigenvalue weighted by Gasteiger charge is 2.33. The fourth-order valence-corrected chi connectivity index (χ4v) is 5.36. The minimum Gasteiger partial charge on any atom is -0.463 e. The van der Waals surface area contributed by atoms with Crippen LogP contribution in [0.3, 0.4) is 0 Å². The van der Waals surface area contributed by atoms with Crippen LogP contribution in [-0.4, -0.2) is 17.1 Å². The Balaban J connectivity index is 1.66. The molecule has 0 amide bonds. The number of para-hydroxylation sites is 1. The second-order valence-corrected chi connectivity index (χ2v) is 9.79. The van der Waals surface area contributed by atoms with Gasteiger partial charge in [-0.3, -0.25) is 9.36 Å². The third kappa shape index (κ3) is 5.14. The Hall–Kier alpha value is -3.94. The number of carbonyl (C=O) groups excluding carboxylic acids is 1. The van der Waals surface area contributed by atoms with Crippen molar-refractivity contribution in [1.82, 2.24) is 4.57 Å². The van der Waals surface area contributed by atoms with Gasteiger partial charge in [-0.2, -0.15) is 0 Å². The summed E-state index contributed by atoms with van der Waals surface area (Å²) in [5.74, 6) is 0.767. The highest BCUT2D eigenvalue weighted by atomic mass is 35.5. The zero-order valence-electron chi connectivity index (χ0n) is 20.2. The van der Waals surface area contributed by atoms with Gasteiger partial charge in [-0.15, -0.1) is 0 Å². The van der Waals surface area contributed by atoms with Crippen molar-refractivity contribution in [2.75, 3.05) is 6.61 Å². The number of rotatable bonds is 6. The van der Waals surface area contributed by atoms with Crippen LogP contribution in [0.15, 0.2) is 99.9 Å². The molecule has 0 saturated carbocycles. The first-order valence-corrected chi connectivity index (χ1v) is 12.9. The summed E-state index contributed by atoms with van der Waals surface area (Å²) in [5, 5.41) is 0.617. The molecule has 0 saturated heterocycles. The molecule has 5 rings (SSSR count). The molecular weight excluding hydrogens is 508 g/mol. The van der Waals surface area contributed by atoms with E-state index in [0.717, 1.165) is 5.56 Å². The molecule has 1 aromatic heterocycles. The Morgan fingerprint density at radius 1 is 1.05 bits per heavy atom. The van der Waals surface area contributed by atoms with E-state index in [2.05, 4.69) is 4.99 Å². The summed E-state index contributed by atoms with van der Waals surface area (Å²) in [7, 11) is 0. The van der Waals surface area contributed by atoms with E-state index in [4.69, 9.17) is 21.1 Å². The zero-order valence-corrected chi connectivity index (χ0v) is 21.8. The molecule has 0 bridgehead atoms. The van der Waals surface area contributed by atoms with Crippen molar-refractivity contribution < 1.29 is 14.3 Å². The van der Waals surface area contributed by atoms with Gasteiger partial charge >= 0.3 is 5.97 Å². The maximum Gasteiger partial charge on any atom is 0.338 e. The molecule has 0 radical (unpaired) electrons. The normalized spacial score (nSPS) is 15.2. The molecule has 0 unspecified atom stereocenters. The van der Waals surface area contributed by atoms with Gasteiger partial charge in [0.15, 0.2) is 4.80 Å². The molecule has 1 aliphatic rings. The Bertz CT molecular complexity index is 1670. The fourth-order valence-electron chi connectivity index (χ4n) is 4.19. The number of carbonyl (C=O) groups is 1. The molecule has 3 aromatic carbocycles. The van der Waals surface area contributed by atoms with Crippen molar-refractivity contribution in [3.63, 3.8) is 0 Å². The lowest BCUT2D eigenvalue weighted by molar-refractivity contribution is -0.139. The quantitative estimate of drug-likeness (QED) is 0.319. The number of benzene rings is 3. The molecule has 4 aromatic rings. The van der Waals surface area contributed by atoms with Gasteiger partial charge in [0.1, 0.15) is 11.5 Å². The molecule has 6 nitrogen and oxygen atoms in total. The van der Waals surface area contributed by atoms with Crippen molar-refractivity contribution in [1.29, 1.82) is 0 Å². The number of hydrogen-bond donors (Lipinski definition) is 0. The molecule has 1 atom stereocenters. The smallest absolute Gasteiger partial charge is 0.338 e. The zero-order chi connectivity index (χ0) is 25.9. The van der Waals surface area contributed by atoms with E-state index in [1.807, 2.05) is 66.7 Å². The van der Waals surface area contributed by atoms with Crippen LogP contribution >= 0.6 is 22.9 Å². The summed E-state index contributed by atoms with van der Waals surface area (Å²) in [6.45, 7) is 3.72. The van der Waals surface area contributed by atoms with Crippen LogP contribution in [0.5, 0.6) is 11.5 Å². The number of esters is 1. The molecule has 0 fully saturated rings. The van der Waals surface area contributed by atoms with Crippen LogP contribution in [0, 0.1) is 0 Å². The molecule has 8 heteroatoms. The lowest BCUT2D eigenvalue weighted by Crippen LogP contribution is -2.39. The van der Waals surface area contributed by atoms with Gasteiger partial charge in [0.2, 0.25) is 0 Å². The van der Waals surface area contributed by atoms with Gasteiger partial charge in [0, 0.05) is 5.02 Å². The van der Waals surface area contributed by atoms with Gasteiger partial charge in [-0.1, -0.05) is 65.4 Å². The van der Waals surface area contributed by atoms with Crippen LogP contribution in [-0.2, 0) is 9.53 Å². The van der Waals surface area contributed by atoms with Crippen molar-refractivity contribution in [2.24, 2.45) is 4.99 Å². The minimum atomic E-state index is -0.720. The largest absolute Gasteiger partial charge is 0.463 e. The van der Waals surface area contributed by atoms with Crippen LogP contribution in [0.2, 0.25) is 5.02 Å². The predicted octanol–water partition coefficient (Wildman–Crippen LogP) is 5.24. The monoisotopic (exact) mass is 530 g/mol. The number of allylic oxidation sites excluding steroid dienone is 1. The first-order chi connectivity index (χ1) is 17.9. The summed E-state index contributed by atoms with van der Waals surface area (Å²) < 4.78 is 13.5. The maximum atomic E-state index is 13.7. The van der Waals surface area contributed by atoms with Gasteiger partial charge in [-0.25, -0.2) is 9.79 Å². The number of aromatic nitrogens is 1. The molecule has 2 heterocycles. The lowest BCUT2D eigenvalue weighted by atomic mass is 9.95. The van der Waals surface area contributed by atoms with Crippen molar-refractivity contribution >= 4 is 35.0 Å². The van der Waals surface area contributed by atoms with Crippen molar-refractivity contribution in [2.45, 2.75) is 19.9 Å². The molecule has 186 valence electrons. The molecular formula is C29H23ClN2O4S. The van der Waals surface area contributed by atoms with Crippen LogP contribution < -0.4 is 19.6 Å². The van der Waals surface area contributed by atoms with E-state index >= 15 is 0 Å². The number of hydrogen-bond acceptors (Lipinski definition) is 6. The summed E-state index contributed by atoms with van der Waals surface area (Å²) in [6.07, 6.45) is 1.80. The van der Waals surface area contributed by atoms with Gasteiger partial charge in [0.25, 0.3) is 5.56 Å². The fraction of sp³-hybridized carbons (Fsp3) is 0.138. The van der Waals surface area contributed by atoms with Crippen LogP contribution in [0.25, 0.3) is 6.08 Å². The Labute approximate surface area is 222 Å². The average Bonchev–Trinajstić information content (AvgIpc) is 3.19. The van der Waals surface area contributed by atoms with Gasteiger partial charge in [-0.05, 0) is 67.4 Å². The van der Waals surface area contributed by atoms with Crippen LogP contribution in [0.1, 0.15) is 31.0 Å². The second kappa shape index (κ2) is 10.6. The predicted molar refractivity (Wildman–Crippen MR) is 145 cm³/mol. The SMILES string of the molecule is CCOC(=O)C1=C(C)N=c2s/c(=C\c3ccc(Cl)cc3)c(=O)n2[C@H]1c1cccc(Oc2ccccc2)c1. The van der Waals surface area contributed by atoms with Crippen LogP contribution in [0.4, 0.5) is 0 Å². The minimum absolute atomic E-state index is 0.209. The summed E-state index contributed by atoms with van der Waals surface area (Å²) in [6, 6.07) is 23.3. The number of nitrogens with zero attached hydrogens (tertiary/aromatic N) is 2. The Morgan fingerprint density at radius 3 is 2.51 bits per heavy atom. The highest BCUT2D eigenvalue weighted by molar-refractivity contribution is 7.07. The van der Waals surface area contributed by atoms with Gasteiger partial charge < -0.3 is 9.47 Å². The number of halogens is 1. The lowest BCUT2D eigenvalue weighted by Gasteiger charge is -2.25. The summed E-state index contributed by atoms with van der Waals surface area (Å²) in [4.78, 5) is 32.0. The van der Waals surface area contributed by atoms with Crippen molar-refractivity contribution in [3.05, 3.63) is 126 Å². The van der Waals surface area contributed by atoms with Gasteiger partial charge in [0.05, 0.1) is 28.5 Å². The first kappa shape index (κ1) is 24.7. The third-order valence-corrected chi connectivity index (χ3v) is 7.07. The molecule has 37 heavy (non-hydrogen) atoms.